The van der Waals surface area contributed by atoms with Crippen molar-refractivity contribution in [3.63, 3.8) is 0 Å². The zero-order chi connectivity index (χ0) is 30.7. The number of allylic oxidation sites excluding steroid dienone is 9. The first kappa shape index (κ1) is 27.9. The van der Waals surface area contributed by atoms with E-state index in [9.17, 15) is 0 Å². The van der Waals surface area contributed by atoms with E-state index in [4.69, 9.17) is 0 Å². The number of hydrogen-bond donors (Lipinski definition) is 0. The molecule has 0 amide bonds. The molecule has 3 aliphatic carbocycles. The van der Waals surface area contributed by atoms with Gasteiger partial charge < -0.3 is 9.80 Å². The summed E-state index contributed by atoms with van der Waals surface area (Å²) in [7, 11) is 0. The number of rotatable bonds is 7. The molecule has 0 aliphatic heterocycles. The third-order valence-corrected chi connectivity index (χ3v) is 9.29. The molecule has 0 bridgehead atoms. The maximum Gasteiger partial charge on any atom is 0.0625 e. The highest BCUT2D eigenvalue weighted by atomic mass is 15.2. The van der Waals surface area contributed by atoms with Gasteiger partial charge in [0.15, 0.2) is 0 Å². The molecule has 5 aromatic rings. The van der Waals surface area contributed by atoms with Gasteiger partial charge in [0.05, 0.1) is 11.7 Å². The molecule has 3 aliphatic rings. The fourth-order valence-electron chi connectivity index (χ4n) is 7.04. The molecule has 2 unspecified atom stereocenters. The molecule has 0 saturated heterocycles. The summed E-state index contributed by atoms with van der Waals surface area (Å²) in [5.74, 6) is 0.336. The first-order chi connectivity index (χ1) is 22.8. The largest absolute Gasteiger partial charge is 0.337 e. The minimum Gasteiger partial charge on any atom is -0.337 e. The summed E-state index contributed by atoms with van der Waals surface area (Å²) in [4.78, 5) is 4.91. The fraction of sp³-hybridized carbons (Fsp3) is 0.0909. The van der Waals surface area contributed by atoms with Crippen LogP contribution in [0.3, 0.4) is 0 Å². The van der Waals surface area contributed by atoms with Crippen LogP contribution in [0.1, 0.15) is 12.8 Å². The van der Waals surface area contributed by atoms with Crippen molar-refractivity contribution in [1.82, 2.24) is 0 Å². The van der Waals surface area contributed by atoms with Crippen LogP contribution < -0.4 is 9.80 Å². The van der Waals surface area contributed by atoms with Crippen molar-refractivity contribution in [1.29, 1.82) is 0 Å². The Morgan fingerprint density at radius 1 is 0.543 bits per heavy atom. The second-order valence-electron chi connectivity index (χ2n) is 12.1. The van der Waals surface area contributed by atoms with Crippen LogP contribution in [0.25, 0.3) is 21.9 Å². The molecule has 0 spiro atoms. The predicted molar refractivity (Wildman–Crippen MR) is 196 cm³/mol. The van der Waals surface area contributed by atoms with E-state index >= 15 is 0 Å². The van der Waals surface area contributed by atoms with Gasteiger partial charge in [0.25, 0.3) is 0 Å². The van der Waals surface area contributed by atoms with Crippen molar-refractivity contribution < 1.29 is 0 Å². The molecular weight excluding hydrogens is 556 g/mol. The lowest BCUT2D eigenvalue weighted by atomic mass is 9.82. The van der Waals surface area contributed by atoms with Gasteiger partial charge in [-0.25, -0.2) is 0 Å². The summed E-state index contributed by atoms with van der Waals surface area (Å²) >= 11 is 0. The second kappa shape index (κ2) is 12.4. The molecule has 46 heavy (non-hydrogen) atoms. The van der Waals surface area contributed by atoms with Gasteiger partial charge in [0.1, 0.15) is 0 Å². The minimum atomic E-state index is 0.238. The molecule has 0 aromatic heterocycles. The van der Waals surface area contributed by atoms with E-state index < -0.39 is 0 Å². The summed E-state index contributed by atoms with van der Waals surface area (Å²) in [6.07, 6.45) is 24.6. The zero-order valence-electron chi connectivity index (χ0n) is 25.8. The Kier molecular flexibility index (Phi) is 7.54. The molecule has 2 nitrogen and oxygen atoms in total. The Bertz CT molecular complexity index is 2030. The number of para-hydroxylation sites is 1. The van der Waals surface area contributed by atoms with Crippen LogP contribution >= 0.6 is 0 Å². The number of nitrogens with zero attached hydrogens (tertiary/aromatic N) is 2. The van der Waals surface area contributed by atoms with Gasteiger partial charge in [-0.2, -0.15) is 0 Å². The number of benzene rings is 5. The van der Waals surface area contributed by atoms with Gasteiger partial charge in [-0.05, 0) is 83.5 Å². The average molecular weight is 593 g/mol. The molecular formula is C44H36N2. The summed E-state index contributed by atoms with van der Waals surface area (Å²) in [5, 5.41) is 2.47. The summed E-state index contributed by atoms with van der Waals surface area (Å²) in [6.45, 7) is 0. The maximum atomic E-state index is 2.55. The first-order valence-corrected chi connectivity index (χ1v) is 16.3. The topological polar surface area (TPSA) is 6.48 Å². The monoisotopic (exact) mass is 592 g/mol. The quantitative estimate of drug-likeness (QED) is 0.185. The lowest BCUT2D eigenvalue weighted by molar-refractivity contribution is 0.610. The molecule has 0 saturated carbocycles. The van der Waals surface area contributed by atoms with Crippen molar-refractivity contribution in [3.05, 3.63) is 193 Å². The Morgan fingerprint density at radius 3 is 2.04 bits per heavy atom. The van der Waals surface area contributed by atoms with Crippen molar-refractivity contribution in [2.75, 3.05) is 9.80 Å². The Hall–Kier alpha value is -5.60. The third-order valence-electron chi connectivity index (χ3n) is 9.29. The summed E-state index contributed by atoms with van der Waals surface area (Å²) < 4.78 is 0. The molecule has 222 valence electrons. The number of fused-ring (bicyclic) bond motifs is 2. The molecule has 2 atom stereocenters. The first-order valence-electron chi connectivity index (χ1n) is 16.3. The van der Waals surface area contributed by atoms with Crippen LogP contribution in [-0.2, 0) is 0 Å². The van der Waals surface area contributed by atoms with Gasteiger partial charge in [-0.3, -0.25) is 0 Å². The maximum absolute atomic E-state index is 2.55. The van der Waals surface area contributed by atoms with E-state index in [1.807, 2.05) is 0 Å². The molecule has 0 radical (unpaired) electrons. The van der Waals surface area contributed by atoms with Crippen LogP contribution in [0.5, 0.6) is 0 Å². The van der Waals surface area contributed by atoms with Crippen molar-refractivity contribution in [2.24, 2.45) is 5.92 Å². The van der Waals surface area contributed by atoms with Crippen molar-refractivity contribution >= 4 is 33.5 Å². The molecule has 0 N–H and O–H groups in total. The van der Waals surface area contributed by atoms with Gasteiger partial charge in [0.2, 0.25) is 0 Å². The lowest BCUT2D eigenvalue weighted by Crippen LogP contribution is -2.40. The SMILES string of the molecule is C1=CCCC(N(c2ccc(-c3ccc(N(c4ccccc4)c4cccc5ccccc45)cc3)cc2)C2C=CC=C3C=CC=CC32)=C1. The number of hydrogen-bond acceptors (Lipinski definition) is 2. The highest BCUT2D eigenvalue weighted by Gasteiger charge is 2.30. The normalized spacial score (nSPS) is 18.2. The van der Waals surface area contributed by atoms with Gasteiger partial charge in [-0.1, -0.05) is 134 Å². The molecule has 2 heteroatoms. The van der Waals surface area contributed by atoms with Crippen LogP contribution in [0.4, 0.5) is 22.7 Å². The third kappa shape index (κ3) is 5.33. The van der Waals surface area contributed by atoms with E-state index in [0.717, 1.165) is 24.2 Å². The van der Waals surface area contributed by atoms with Crippen LogP contribution in [0.15, 0.2) is 193 Å². The summed E-state index contributed by atoms with van der Waals surface area (Å²) in [5.41, 5.74) is 9.83. The average Bonchev–Trinajstić information content (AvgIpc) is 3.14. The van der Waals surface area contributed by atoms with Gasteiger partial charge in [-0.15, -0.1) is 0 Å². The van der Waals surface area contributed by atoms with Crippen LogP contribution in [-0.4, -0.2) is 6.04 Å². The molecule has 5 aromatic carbocycles. The molecule has 0 heterocycles. The van der Waals surface area contributed by atoms with E-state index in [-0.39, 0.29) is 6.04 Å². The lowest BCUT2D eigenvalue weighted by Gasteiger charge is -2.40. The minimum absolute atomic E-state index is 0.238. The fourth-order valence-corrected chi connectivity index (χ4v) is 7.04. The molecule has 8 rings (SSSR count). The van der Waals surface area contributed by atoms with Crippen molar-refractivity contribution in [2.45, 2.75) is 18.9 Å². The molecule has 0 fully saturated rings. The van der Waals surface area contributed by atoms with Gasteiger partial charge >= 0.3 is 0 Å². The van der Waals surface area contributed by atoms with E-state index in [2.05, 4.69) is 192 Å². The Balaban J connectivity index is 1.12. The van der Waals surface area contributed by atoms with E-state index in [1.54, 1.807) is 0 Å². The second-order valence-corrected chi connectivity index (χ2v) is 12.1. The number of anilines is 4. The van der Waals surface area contributed by atoms with Gasteiger partial charge in [0, 0.05) is 34.1 Å². The Morgan fingerprint density at radius 2 is 1.26 bits per heavy atom. The summed E-state index contributed by atoms with van der Waals surface area (Å²) in [6, 6.07) is 44.1. The highest BCUT2D eigenvalue weighted by molar-refractivity contribution is 5.99. The van der Waals surface area contributed by atoms with E-state index in [0.29, 0.717) is 5.92 Å². The van der Waals surface area contributed by atoms with Crippen molar-refractivity contribution in [3.8, 4) is 11.1 Å². The smallest absolute Gasteiger partial charge is 0.0625 e. The van der Waals surface area contributed by atoms with Crippen LogP contribution in [0.2, 0.25) is 0 Å². The standard InChI is InChI=1S/C44H36N2/c1-3-17-37(18-4-1)45(43-23-11-15-35-13-7-9-21-41(35)43)39-29-25-33(26-30-39)34-27-31-40(32-28-34)46(38-19-5-2-6-20-38)44-24-12-16-36-14-8-10-22-42(36)44/h1-5,7-19,21-32,42,44H,6,20H2. The zero-order valence-corrected chi connectivity index (χ0v) is 25.8. The van der Waals surface area contributed by atoms with Crippen LogP contribution in [0, 0.1) is 5.92 Å². The Labute approximate surface area is 271 Å². The predicted octanol–water partition coefficient (Wildman–Crippen LogP) is 11.6. The van der Waals surface area contributed by atoms with E-state index in [1.165, 1.54) is 44.5 Å². The highest BCUT2D eigenvalue weighted by Crippen LogP contribution is 2.40.